The zero-order valence-electron chi connectivity index (χ0n) is 24.8. The van der Waals surface area contributed by atoms with Crippen LogP contribution >= 0.6 is 0 Å². The number of benzene rings is 1. The van der Waals surface area contributed by atoms with E-state index in [9.17, 15) is 9.59 Å². The van der Waals surface area contributed by atoms with E-state index in [-0.39, 0.29) is 11.8 Å². The van der Waals surface area contributed by atoms with Gasteiger partial charge in [-0.3, -0.25) is 19.6 Å². The van der Waals surface area contributed by atoms with Gasteiger partial charge in [0.2, 0.25) is 5.88 Å². The van der Waals surface area contributed by atoms with Crippen LogP contribution < -0.4 is 10.1 Å². The number of likely N-dealkylation sites (tertiary alicyclic amines) is 1. The van der Waals surface area contributed by atoms with Gasteiger partial charge in [0.25, 0.3) is 5.91 Å². The summed E-state index contributed by atoms with van der Waals surface area (Å²) in [6.45, 7) is 10.2. The lowest BCUT2D eigenvalue weighted by Crippen LogP contribution is -2.49. The lowest BCUT2D eigenvalue weighted by Gasteiger charge is -2.33. The van der Waals surface area contributed by atoms with Crippen molar-refractivity contribution in [3.63, 3.8) is 0 Å². The molecule has 2 amide bonds. The highest BCUT2D eigenvalue weighted by Crippen LogP contribution is 2.20. The van der Waals surface area contributed by atoms with E-state index in [4.69, 9.17) is 4.74 Å². The number of carbonyl (C=O) groups is 2. The van der Waals surface area contributed by atoms with E-state index >= 15 is 0 Å². The Morgan fingerprint density at radius 1 is 0.976 bits per heavy atom. The molecule has 0 bridgehead atoms. The molecule has 4 heterocycles. The van der Waals surface area contributed by atoms with Crippen molar-refractivity contribution in [3.05, 3.63) is 83.3 Å². The summed E-state index contributed by atoms with van der Waals surface area (Å²) in [7, 11) is 0. The van der Waals surface area contributed by atoms with Gasteiger partial charge < -0.3 is 15.0 Å². The Morgan fingerprint density at radius 3 is 2.50 bits per heavy atom. The van der Waals surface area contributed by atoms with Crippen LogP contribution in [0, 0.1) is 6.92 Å². The van der Waals surface area contributed by atoms with Gasteiger partial charge in [0.1, 0.15) is 0 Å². The first kappa shape index (κ1) is 29.7. The second-order valence-corrected chi connectivity index (χ2v) is 11.4. The van der Waals surface area contributed by atoms with Crippen LogP contribution in [0.25, 0.3) is 0 Å². The highest BCUT2D eigenvalue weighted by atomic mass is 16.6. The fourth-order valence-electron chi connectivity index (χ4n) is 5.64. The van der Waals surface area contributed by atoms with Gasteiger partial charge in [-0.05, 0) is 88.5 Å². The number of anilines is 1. The summed E-state index contributed by atoms with van der Waals surface area (Å²) in [5, 5.41) is 2.87. The van der Waals surface area contributed by atoms with Gasteiger partial charge in [0.05, 0.1) is 11.9 Å². The van der Waals surface area contributed by atoms with Gasteiger partial charge in [-0.1, -0.05) is 24.6 Å². The first-order valence-corrected chi connectivity index (χ1v) is 15.1. The minimum atomic E-state index is -0.401. The van der Waals surface area contributed by atoms with Crippen molar-refractivity contribution in [1.29, 1.82) is 0 Å². The van der Waals surface area contributed by atoms with Gasteiger partial charge in [-0.15, -0.1) is 0 Å². The number of rotatable bonds is 9. The third-order valence-corrected chi connectivity index (χ3v) is 8.21. The van der Waals surface area contributed by atoms with E-state index in [1.54, 1.807) is 17.0 Å². The topological polar surface area (TPSA) is 90.9 Å². The second-order valence-electron chi connectivity index (χ2n) is 11.4. The summed E-state index contributed by atoms with van der Waals surface area (Å²) < 4.78 is 5.50. The van der Waals surface area contributed by atoms with Crippen molar-refractivity contribution in [2.75, 3.05) is 44.6 Å². The van der Waals surface area contributed by atoms with Gasteiger partial charge in [0.15, 0.2) is 0 Å². The number of pyridine rings is 2. The molecule has 0 radical (unpaired) electrons. The number of nitrogens with zero attached hydrogens (tertiary/aromatic N) is 5. The molecular weight excluding hydrogens is 528 g/mol. The lowest BCUT2D eigenvalue weighted by atomic mass is 10.0. The third-order valence-electron chi connectivity index (χ3n) is 8.21. The zero-order valence-corrected chi connectivity index (χ0v) is 24.8. The maximum Gasteiger partial charge on any atom is 0.416 e. The number of carbonyl (C=O) groups excluding carboxylic acids is 2. The molecular formula is C33H42N6O3. The molecule has 0 aliphatic carbocycles. The zero-order chi connectivity index (χ0) is 29.3. The number of piperazine rings is 1. The molecule has 1 aromatic carbocycles. The molecule has 0 saturated carbocycles. The molecule has 1 N–H and O–H groups in total. The maximum absolute atomic E-state index is 12.8. The number of amides is 2. The Kier molecular flexibility index (Phi) is 10.2. The van der Waals surface area contributed by atoms with Crippen LogP contribution in [0.15, 0.2) is 60.8 Å². The Morgan fingerprint density at radius 2 is 1.79 bits per heavy atom. The quantitative estimate of drug-likeness (QED) is 0.380. The average Bonchev–Trinajstić information content (AvgIpc) is 3.00. The van der Waals surface area contributed by atoms with Crippen molar-refractivity contribution < 1.29 is 14.3 Å². The molecule has 2 saturated heterocycles. The molecule has 2 aromatic heterocycles. The van der Waals surface area contributed by atoms with Crippen LogP contribution in [0.3, 0.4) is 0 Å². The number of hydrogen-bond donors (Lipinski definition) is 1. The fraction of sp³-hybridized carbons (Fsp3) is 0.455. The maximum atomic E-state index is 12.8. The Labute approximate surface area is 248 Å². The minimum Gasteiger partial charge on any atom is -0.391 e. The van der Waals surface area contributed by atoms with Crippen molar-refractivity contribution >= 4 is 17.7 Å². The summed E-state index contributed by atoms with van der Waals surface area (Å²) in [5.74, 6) is 0.00910. The molecule has 0 spiro atoms. The molecule has 3 aromatic rings. The largest absolute Gasteiger partial charge is 0.416 e. The van der Waals surface area contributed by atoms with E-state index in [1.165, 1.54) is 31.0 Å². The van der Waals surface area contributed by atoms with Crippen molar-refractivity contribution in [2.24, 2.45) is 0 Å². The smallest absolute Gasteiger partial charge is 0.391 e. The molecule has 9 nitrogen and oxygen atoms in total. The first-order valence-electron chi connectivity index (χ1n) is 15.1. The van der Waals surface area contributed by atoms with Gasteiger partial charge >= 0.3 is 6.09 Å². The van der Waals surface area contributed by atoms with Crippen molar-refractivity contribution in [3.8, 4) is 5.88 Å². The van der Waals surface area contributed by atoms with Crippen LogP contribution in [0.5, 0.6) is 5.88 Å². The predicted octanol–water partition coefficient (Wildman–Crippen LogP) is 5.16. The normalized spacial score (nSPS) is 18.0. The van der Waals surface area contributed by atoms with Crippen LogP contribution in [0.4, 0.5) is 10.5 Å². The van der Waals surface area contributed by atoms with Crippen molar-refractivity contribution in [2.45, 2.75) is 58.5 Å². The fourth-order valence-corrected chi connectivity index (χ4v) is 5.64. The third kappa shape index (κ3) is 8.36. The lowest BCUT2D eigenvalue weighted by molar-refractivity contribution is 0.102. The van der Waals surface area contributed by atoms with Crippen LogP contribution in [-0.2, 0) is 13.0 Å². The summed E-state index contributed by atoms with van der Waals surface area (Å²) in [6.07, 6.45) is 6.91. The number of hydrogen-bond acceptors (Lipinski definition) is 7. The SMILES string of the molecule is Cc1cccc(CCCN2CCN(C(=O)Oc3ccc(NC(=O)c4ccc(CN5CCCCC5C)cc4)cn3)CC2)n1. The number of aryl methyl sites for hydroxylation is 2. The molecule has 9 heteroatoms. The predicted molar refractivity (Wildman–Crippen MR) is 164 cm³/mol. The summed E-state index contributed by atoms with van der Waals surface area (Å²) in [4.78, 5) is 40.8. The molecule has 2 aliphatic heterocycles. The average molecular weight is 571 g/mol. The number of ether oxygens (including phenoxy) is 1. The summed E-state index contributed by atoms with van der Waals surface area (Å²) in [6, 6.07) is 17.8. The Bertz CT molecular complexity index is 1320. The van der Waals surface area contributed by atoms with Gasteiger partial charge in [-0.25, -0.2) is 9.78 Å². The van der Waals surface area contributed by atoms with Crippen LogP contribution in [0.2, 0.25) is 0 Å². The molecule has 1 atom stereocenters. The number of piperidine rings is 1. The van der Waals surface area contributed by atoms with Gasteiger partial charge in [0, 0.05) is 61.8 Å². The highest BCUT2D eigenvalue weighted by Gasteiger charge is 2.23. The van der Waals surface area contributed by atoms with E-state index < -0.39 is 6.09 Å². The van der Waals surface area contributed by atoms with Crippen molar-refractivity contribution in [1.82, 2.24) is 24.7 Å². The molecule has 222 valence electrons. The standard InChI is InChI=1S/C33H42N6O3/c1-25-7-5-9-29(35-25)10-6-17-37-19-21-38(22-20-37)33(41)42-31-16-15-30(23-34-31)36-32(40)28-13-11-27(12-14-28)24-39-18-4-3-8-26(39)2/h5,7,9,11-16,23,26H,3-4,6,8,10,17-22,24H2,1-2H3,(H,36,40). The van der Waals surface area contributed by atoms with Crippen LogP contribution in [-0.4, -0.2) is 82.0 Å². The van der Waals surface area contributed by atoms with E-state index in [0.29, 0.717) is 30.4 Å². The first-order chi connectivity index (χ1) is 20.4. The van der Waals surface area contributed by atoms with E-state index in [2.05, 4.69) is 44.1 Å². The highest BCUT2D eigenvalue weighted by molar-refractivity contribution is 6.04. The monoisotopic (exact) mass is 570 g/mol. The second kappa shape index (κ2) is 14.4. The molecule has 1 unspecified atom stereocenters. The molecule has 5 rings (SSSR count). The number of aromatic nitrogens is 2. The Balaban J connectivity index is 1.02. The van der Waals surface area contributed by atoms with E-state index in [1.807, 2.05) is 37.3 Å². The summed E-state index contributed by atoms with van der Waals surface area (Å²) in [5.41, 5.74) is 4.52. The Hall–Kier alpha value is -3.82. The molecule has 42 heavy (non-hydrogen) atoms. The number of nitrogens with one attached hydrogen (secondary N) is 1. The minimum absolute atomic E-state index is 0.201. The van der Waals surface area contributed by atoms with Crippen LogP contribution in [0.1, 0.15) is 59.9 Å². The van der Waals surface area contributed by atoms with Gasteiger partial charge in [-0.2, -0.15) is 0 Å². The molecule has 2 aliphatic rings. The summed E-state index contributed by atoms with van der Waals surface area (Å²) >= 11 is 0. The van der Waals surface area contributed by atoms with E-state index in [0.717, 1.165) is 57.0 Å². The molecule has 2 fully saturated rings.